The smallest absolute Gasteiger partial charge is 0.249 e. The highest BCUT2D eigenvalue weighted by molar-refractivity contribution is 5.99. The summed E-state index contributed by atoms with van der Waals surface area (Å²) in [5, 5.41) is 3.97. The van der Waals surface area contributed by atoms with Gasteiger partial charge in [-0.05, 0) is 42.3 Å². The van der Waals surface area contributed by atoms with Crippen LogP contribution in [0.4, 0.5) is 10.1 Å². The zero-order valence-electron chi connectivity index (χ0n) is 19.4. The highest BCUT2D eigenvalue weighted by atomic mass is 19.1. The van der Waals surface area contributed by atoms with Crippen LogP contribution in [0.2, 0.25) is 0 Å². The Labute approximate surface area is 198 Å². The number of carbonyl (C=O) groups excluding carboxylic acids is 2. The summed E-state index contributed by atoms with van der Waals surface area (Å²) in [7, 11) is 1.59. The largest absolute Gasteiger partial charge is 0.347 e. The van der Waals surface area contributed by atoms with E-state index in [9.17, 15) is 14.0 Å². The molecule has 0 fully saturated rings. The Bertz CT molecular complexity index is 1300. The maximum absolute atomic E-state index is 13.7. The number of halogens is 1. The first-order valence-corrected chi connectivity index (χ1v) is 11.4. The van der Waals surface area contributed by atoms with Crippen molar-refractivity contribution in [3.63, 3.8) is 0 Å². The van der Waals surface area contributed by atoms with Gasteiger partial charge >= 0.3 is 0 Å². The third-order valence-electron chi connectivity index (χ3n) is 6.00. The van der Waals surface area contributed by atoms with Crippen molar-refractivity contribution in [3.8, 4) is 0 Å². The van der Waals surface area contributed by atoms with E-state index in [0.29, 0.717) is 12.1 Å². The van der Waals surface area contributed by atoms with Crippen LogP contribution in [0.3, 0.4) is 0 Å². The lowest BCUT2D eigenvalue weighted by molar-refractivity contribution is -0.127. The molecule has 1 N–H and O–H groups in total. The number of carbonyl (C=O) groups is 2. The second-order valence-corrected chi connectivity index (χ2v) is 8.32. The molecule has 5 nitrogen and oxygen atoms in total. The average Bonchev–Trinajstić information content (AvgIpc) is 3.20. The Morgan fingerprint density at radius 3 is 2.47 bits per heavy atom. The van der Waals surface area contributed by atoms with Crippen molar-refractivity contribution in [2.75, 3.05) is 11.9 Å². The summed E-state index contributed by atoms with van der Waals surface area (Å²) in [6.07, 6.45) is 2.49. The third kappa shape index (κ3) is 5.17. The van der Waals surface area contributed by atoms with Gasteiger partial charge in [0.25, 0.3) is 0 Å². The van der Waals surface area contributed by atoms with Gasteiger partial charge in [0.1, 0.15) is 11.9 Å². The number of fused-ring (bicyclic) bond motifs is 1. The summed E-state index contributed by atoms with van der Waals surface area (Å²) in [5.74, 6) is -0.965. The molecule has 0 saturated carbocycles. The van der Waals surface area contributed by atoms with Gasteiger partial charge in [-0.3, -0.25) is 9.59 Å². The Morgan fingerprint density at radius 1 is 1.00 bits per heavy atom. The molecule has 6 heteroatoms. The number of aromatic nitrogens is 1. The number of nitrogens with one attached hydrogen (secondary N) is 1. The van der Waals surface area contributed by atoms with Crippen molar-refractivity contribution in [2.45, 2.75) is 32.4 Å². The first-order valence-electron chi connectivity index (χ1n) is 11.4. The van der Waals surface area contributed by atoms with Gasteiger partial charge in [0.05, 0.1) is 6.42 Å². The highest BCUT2D eigenvalue weighted by Gasteiger charge is 2.26. The van der Waals surface area contributed by atoms with Gasteiger partial charge in [-0.1, -0.05) is 54.6 Å². The summed E-state index contributed by atoms with van der Waals surface area (Å²) >= 11 is 0. The summed E-state index contributed by atoms with van der Waals surface area (Å²) < 4.78 is 15.9. The van der Waals surface area contributed by atoms with Crippen LogP contribution < -0.4 is 10.2 Å². The lowest BCUT2D eigenvalue weighted by atomic mass is 10.0. The molecule has 4 rings (SSSR count). The molecule has 1 aromatic heterocycles. The Morgan fingerprint density at radius 2 is 1.74 bits per heavy atom. The second kappa shape index (κ2) is 10.3. The van der Waals surface area contributed by atoms with Crippen LogP contribution in [0.5, 0.6) is 0 Å². The molecular formula is C28H28FN3O2. The van der Waals surface area contributed by atoms with Crippen LogP contribution in [-0.4, -0.2) is 29.5 Å². The molecule has 0 aliphatic carbocycles. The monoisotopic (exact) mass is 457 g/mol. The molecule has 2 amide bonds. The average molecular weight is 458 g/mol. The van der Waals surface area contributed by atoms with Gasteiger partial charge in [0.15, 0.2) is 0 Å². The highest BCUT2D eigenvalue weighted by Crippen LogP contribution is 2.22. The fraction of sp³-hybridized carbons (Fsp3) is 0.214. The van der Waals surface area contributed by atoms with E-state index >= 15 is 0 Å². The van der Waals surface area contributed by atoms with E-state index in [4.69, 9.17) is 0 Å². The van der Waals surface area contributed by atoms with Crippen LogP contribution in [0.15, 0.2) is 85.1 Å². The second-order valence-electron chi connectivity index (χ2n) is 8.32. The zero-order valence-corrected chi connectivity index (χ0v) is 19.4. The minimum Gasteiger partial charge on any atom is -0.347 e. The fourth-order valence-electron chi connectivity index (χ4n) is 4.24. The van der Waals surface area contributed by atoms with Crippen LogP contribution in [0.25, 0.3) is 10.9 Å². The number of aryl methyl sites for hydroxylation is 1. The SMILES string of the molecule is CCn1cc(CC(=O)N[C@@H](Cc2ccccc2)C(=O)N(C)c2cccc(F)c2)c2ccccc21. The van der Waals surface area contributed by atoms with Gasteiger partial charge in [-0.25, -0.2) is 4.39 Å². The van der Waals surface area contributed by atoms with Crippen molar-refractivity contribution in [1.29, 1.82) is 0 Å². The maximum atomic E-state index is 13.7. The van der Waals surface area contributed by atoms with E-state index in [0.717, 1.165) is 28.6 Å². The number of amides is 2. The first kappa shape index (κ1) is 23.2. The number of benzene rings is 3. The first-order chi connectivity index (χ1) is 16.5. The summed E-state index contributed by atoms with van der Waals surface area (Å²) in [6.45, 7) is 2.86. The van der Waals surface area contributed by atoms with E-state index in [-0.39, 0.29) is 18.2 Å². The van der Waals surface area contributed by atoms with E-state index in [2.05, 4.69) is 16.8 Å². The van der Waals surface area contributed by atoms with Crippen molar-refractivity contribution >= 4 is 28.4 Å². The van der Waals surface area contributed by atoms with Crippen LogP contribution in [0.1, 0.15) is 18.1 Å². The summed E-state index contributed by atoms with van der Waals surface area (Å²) in [4.78, 5) is 27.9. The molecule has 0 spiro atoms. The Kier molecular flexibility index (Phi) is 7.07. The predicted molar refractivity (Wildman–Crippen MR) is 133 cm³/mol. The van der Waals surface area contributed by atoms with E-state index in [1.165, 1.54) is 17.0 Å². The minimum absolute atomic E-state index is 0.162. The third-order valence-corrected chi connectivity index (χ3v) is 6.00. The van der Waals surface area contributed by atoms with Crippen LogP contribution in [-0.2, 0) is 29.0 Å². The number of hydrogen-bond acceptors (Lipinski definition) is 2. The van der Waals surface area contributed by atoms with Crippen molar-refractivity contribution < 1.29 is 14.0 Å². The van der Waals surface area contributed by atoms with Crippen molar-refractivity contribution in [1.82, 2.24) is 9.88 Å². The van der Waals surface area contributed by atoms with Gasteiger partial charge in [-0.2, -0.15) is 0 Å². The molecule has 3 aromatic carbocycles. The molecule has 174 valence electrons. The number of likely N-dealkylation sites (N-methyl/N-ethyl adjacent to an activating group) is 1. The lowest BCUT2D eigenvalue weighted by Crippen LogP contribution is -2.49. The number of rotatable bonds is 8. The molecule has 0 aliphatic heterocycles. The Balaban J connectivity index is 1.57. The van der Waals surface area contributed by atoms with Gasteiger partial charge in [0.2, 0.25) is 11.8 Å². The molecule has 0 saturated heterocycles. The number of anilines is 1. The zero-order chi connectivity index (χ0) is 24.1. The standard InChI is InChI=1S/C28H28FN3O2/c1-3-32-19-21(24-14-7-8-15-26(24)32)17-27(33)30-25(16-20-10-5-4-6-11-20)28(34)31(2)23-13-9-12-22(29)18-23/h4-15,18-19,25H,3,16-17H2,1-2H3,(H,30,33)/t25-/m0/s1. The van der Waals surface area contributed by atoms with Crippen molar-refractivity contribution in [3.05, 3.63) is 102 Å². The lowest BCUT2D eigenvalue weighted by Gasteiger charge is -2.25. The molecule has 0 aliphatic rings. The molecule has 34 heavy (non-hydrogen) atoms. The quantitative estimate of drug-likeness (QED) is 0.416. The molecule has 4 aromatic rings. The molecule has 0 bridgehead atoms. The summed E-state index contributed by atoms with van der Waals surface area (Å²) in [6, 6.07) is 22.6. The van der Waals surface area contributed by atoms with Gasteiger partial charge in [-0.15, -0.1) is 0 Å². The number of nitrogens with zero attached hydrogens (tertiary/aromatic N) is 2. The predicted octanol–water partition coefficient (Wildman–Crippen LogP) is 4.73. The minimum atomic E-state index is -0.789. The van der Waals surface area contributed by atoms with E-state index in [1.54, 1.807) is 19.2 Å². The number of hydrogen-bond donors (Lipinski definition) is 1. The fourth-order valence-corrected chi connectivity index (χ4v) is 4.24. The summed E-state index contributed by atoms with van der Waals surface area (Å²) in [5.41, 5.74) is 3.36. The molecule has 0 radical (unpaired) electrons. The molecule has 1 atom stereocenters. The Hall–Kier alpha value is -3.93. The topological polar surface area (TPSA) is 54.3 Å². The molecule has 1 heterocycles. The van der Waals surface area contributed by atoms with E-state index < -0.39 is 11.9 Å². The molecule has 0 unspecified atom stereocenters. The number of para-hydroxylation sites is 1. The van der Waals surface area contributed by atoms with E-state index in [1.807, 2.05) is 60.8 Å². The van der Waals surface area contributed by atoms with Crippen LogP contribution >= 0.6 is 0 Å². The van der Waals surface area contributed by atoms with Gasteiger partial charge in [0, 0.05) is 42.8 Å². The van der Waals surface area contributed by atoms with Crippen LogP contribution in [0, 0.1) is 5.82 Å². The molecular weight excluding hydrogens is 429 g/mol. The van der Waals surface area contributed by atoms with Crippen molar-refractivity contribution in [2.24, 2.45) is 0 Å². The van der Waals surface area contributed by atoms with Gasteiger partial charge < -0.3 is 14.8 Å². The normalized spacial score (nSPS) is 11.9. The maximum Gasteiger partial charge on any atom is 0.249 e.